The number of aromatic hydroxyl groups is 1. The second-order valence-corrected chi connectivity index (χ2v) is 2.17. The van der Waals surface area contributed by atoms with Crippen LogP contribution in [0.15, 0.2) is 23.3 Å². The predicted molar refractivity (Wildman–Crippen MR) is 43.9 cm³/mol. The SMILES string of the molecule is [N-]=[N+]=Nc1cccc(O)c1C(=O)O. The molecule has 0 aliphatic heterocycles. The van der Waals surface area contributed by atoms with Crippen LogP contribution < -0.4 is 0 Å². The van der Waals surface area contributed by atoms with Crippen molar-refractivity contribution in [2.45, 2.75) is 0 Å². The molecular formula is C7H5N3O3. The van der Waals surface area contributed by atoms with Crippen molar-refractivity contribution in [3.63, 3.8) is 0 Å². The molecule has 0 unspecified atom stereocenters. The summed E-state index contributed by atoms with van der Waals surface area (Å²) in [6, 6.07) is 3.91. The third-order valence-electron chi connectivity index (χ3n) is 1.39. The van der Waals surface area contributed by atoms with Crippen molar-refractivity contribution in [2.75, 3.05) is 0 Å². The molecule has 0 saturated heterocycles. The van der Waals surface area contributed by atoms with Crippen LogP contribution >= 0.6 is 0 Å². The van der Waals surface area contributed by atoms with Crippen LogP contribution in [-0.4, -0.2) is 16.2 Å². The Morgan fingerprint density at radius 3 is 2.77 bits per heavy atom. The van der Waals surface area contributed by atoms with Crippen molar-refractivity contribution < 1.29 is 15.0 Å². The van der Waals surface area contributed by atoms with Gasteiger partial charge in [-0.3, -0.25) is 0 Å². The van der Waals surface area contributed by atoms with Gasteiger partial charge in [-0.2, -0.15) is 0 Å². The molecule has 0 heterocycles. The molecule has 0 aromatic heterocycles. The van der Waals surface area contributed by atoms with Gasteiger partial charge < -0.3 is 10.2 Å². The van der Waals surface area contributed by atoms with E-state index in [1.165, 1.54) is 18.2 Å². The molecule has 6 heteroatoms. The quantitative estimate of drug-likeness (QED) is 0.412. The summed E-state index contributed by atoms with van der Waals surface area (Å²) < 4.78 is 0. The molecule has 13 heavy (non-hydrogen) atoms. The lowest BCUT2D eigenvalue weighted by molar-refractivity contribution is 0.0694. The molecule has 0 amide bonds. The second-order valence-electron chi connectivity index (χ2n) is 2.17. The molecule has 0 saturated carbocycles. The van der Waals surface area contributed by atoms with Crippen molar-refractivity contribution >= 4 is 11.7 Å². The maximum absolute atomic E-state index is 10.6. The van der Waals surface area contributed by atoms with Crippen LogP contribution in [0.4, 0.5) is 5.69 Å². The van der Waals surface area contributed by atoms with Gasteiger partial charge in [0.05, 0.1) is 5.69 Å². The molecular weight excluding hydrogens is 174 g/mol. The Labute approximate surface area is 72.7 Å². The standard InChI is InChI=1S/C7H5N3O3/c8-10-9-4-2-1-3-5(11)6(4)7(12)13/h1-3,11H,(H,12,13). The van der Waals surface area contributed by atoms with Crippen molar-refractivity contribution in [2.24, 2.45) is 5.11 Å². The van der Waals surface area contributed by atoms with E-state index < -0.39 is 11.7 Å². The lowest BCUT2D eigenvalue weighted by Gasteiger charge is -2.01. The highest BCUT2D eigenvalue weighted by molar-refractivity contribution is 5.96. The van der Waals surface area contributed by atoms with E-state index >= 15 is 0 Å². The van der Waals surface area contributed by atoms with E-state index in [2.05, 4.69) is 10.0 Å². The third-order valence-corrected chi connectivity index (χ3v) is 1.39. The number of hydrogen-bond donors (Lipinski definition) is 2. The molecule has 0 spiro atoms. The van der Waals surface area contributed by atoms with Gasteiger partial charge >= 0.3 is 5.97 Å². The van der Waals surface area contributed by atoms with Crippen LogP contribution in [0.2, 0.25) is 0 Å². The fraction of sp³-hybridized carbons (Fsp3) is 0. The highest BCUT2D eigenvalue weighted by Crippen LogP contribution is 2.27. The van der Waals surface area contributed by atoms with Gasteiger partial charge in [-0.15, -0.1) is 0 Å². The smallest absolute Gasteiger partial charge is 0.339 e. The van der Waals surface area contributed by atoms with Crippen LogP contribution in [-0.2, 0) is 0 Å². The number of aromatic carboxylic acids is 1. The van der Waals surface area contributed by atoms with Crippen LogP contribution in [0.25, 0.3) is 10.4 Å². The number of carbonyl (C=O) groups is 1. The Morgan fingerprint density at radius 2 is 2.23 bits per heavy atom. The maximum Gasteiger partial charge on any atom is 0.339 e. The third kappa shape index (κ3) is 1.69. The zero-order chi connectivity index (χ0) is 9.84. The lowest BCUT2D eigenvalue weighted by atomic mass is 10.1. The molecule has 66 valence electrons. The Kier molecular flexibility index (Phi) is 2.37. The Hall–Kier alpha value is -2.20. The second kappa shape index (κ2) is 3.46. The van der Waals surface area contributed by atoms with Gasteiger partial charge in [0, 0.05) is 4.91 Å². The number of phenols is 1. The molecule has 1 rings (SSSR count). The first-order valence-electron chi connectivity index (χ1n) is 3.27. The summed E-state index contributed by atoms with van der Waals surface area (Å²) in [7, 11) is 0. The van der Waals surface area contributed by atoms with Crippen LogP contribution in [0.1, 0.15) is 10.4 Å². The minimum Gasteiger partial charge on any atom is -0.507 e. The first kappa shape index (κ1) is 8.89. The minimum atomic E-state index is -1.33. The molecule has 1 aromatic carbocycles. The summed E-state index contributed by atoms with van der Waals surface area (Å²) in [6.07, 6.45) is 0. The van der Waals surface area contributed by atoms with E-state index in [0.717, 1.165) is 0 Å². The summed E-state index contributed by atoms with van der Waals surface area (Å²) in [4.78, 5) is 13.0. The van der Waals surface area contributed by atoms with Crippen molar-refractivity contribution in [3.05, 3.63) is 34.2 Å². The largest absolute Gasteiger partial charge is 0.507 e. The molecule has 0 atom stereocenters. The van der Waals surface area contributed by atoms with Crippen molar-refractivity contribution in [1.29, 1.82) is 0 Å². The predicted octanol–water partition coefficient (Wildman–Crippen LogP) is 2.03. The van der Waals surface area contributed by atoms with Gasteiger partial charge in [0.25, 0.3) is 0 Å². The van der Waals surface area contributed by atoms with E-state index in [9.17, 15) is 4.79 Å². The molecule has 0 aliphatic carbocycles. The molecule has 0 bridgehead atoms. The average molecular weight is 179 g/mol. The number of azide groups is 1. The topological polar surface area (TPSA) is 106 Å². The summed E-state index contributed by atoms with van der Waals surface area (Å²) in [5.74, 6) is -1.75. The van der Waals surface area contributed by atoms with E-state index in [4.69, 9.17) is 15.7 Å². The van der Waals surface area contributed by atoms with Crippen LogP contribution in [0.5, 0.6) is 5.75 Å². The average Bonchev–Trinajstić information content (AvgIpc) is 2.04. The maximum atomic E-state index is 10.6. The summed E-state index contributed by atoms with van der Waals surface area (Å²) in [5, 5.41) is 20.9. The zero-order valence-corrected chi connectivity index (χ0v) is 6.38. The van der Waals surface area contributed by atoms with E-state index in [1.807, 2.05) is 0 Å². The minimum absolute atomic E-state index is 0.102. The summed E-state index contributed by atoms with van der Waals surface area (Å²) in [5.41, 5.74) is 7.61. The number of carboxylic acid groups (broad SMARTS) is 1. The molecule has 0 fully saturated rings. The van der Waals surface area contributed by atoms with E-state index in [0.29, 0.717) is 0 Å². The van der Waals surface area contributed by atoms with Crippen LogP contribution in [0, 0.1) is 0 Å². The lowest BCUT2D eigenvalue weighted by Crippen LogP contribution is -1.96. The molecule has 1 aromatic rings. The van der Waals surface area contributed by atoms with Crippen molar-refractivity contribution in [3.8, 4) is 5.75 Å². The number of nitrogens with zero attached hydrogens (tertiary/aromatic N) is 3. The molecule has 0 aliphatic rings. The van der Waals surface area contributed by atoms with Gasteiger partial charge in [0.15, 0.2) is 0 Å². The number of rotatable bonds is 2. The van der Waals surface area contributed by atoms with Crippen LogP contribution in [0.3, 0.4) is 0 Å². The Bertz CT molecular complexity index is 396. The fourth-order valence-corrected chi connectivity index (χ4v) is 0.879. The highest BCUT2D eigenvalue weighted by atomic mass is 16.4. The van der Waals surface area contributed by atoms with Gasteiger partial charge in [0.2, 0.25) is 0 Å². The zero-order valence-electron chi connectivity index (χ0n) is 6.38. The molecule has 2 N–H and O–H groups in total. The Balaban J connectivity index is 3.42. The normalized spacial score (nSPS) is 8.92. The van der Waals surface area contributed by atoms with E-state index in [1.54, 1.807) is 0 Å². The summed E-state index contributed by atoms with van der Waals surface area (Å²) >= 11 is 0. The highest BCUT2D eigenvalue weighted by Gasteiger charge is 2.13. The fourth-order valence-electron chi connectivity index (χ4n) is 0.879. The molecule has 0 radical (unpaired) electrons. The molecule has 6 nitrogen and oxygen atoms in total. The monoisotopic (exact) mass is 179 g/mol. The Morgan fingerprint density at radius 1 is 1.54 bits per heavy atom. The first-order valence-corrected chi connectivity index (χ1v) is 3.27. The van der Waals surface area contributed by atoms with Gasteiger partial charge in [0.1, 0.15) is 11.3 Å². The van der Waals surface area contributed by atoms with Gasteiger partial charge in [-0.05, 0) is 11.6 Å². The number of carboxylic acids is 1. The van der Waals surface area contributed by atoms with Crippen molar-refractivity contribution in [1.82, 2.24) is 0 Å². The summed E-state index contributed by atoms with van der Waals surface area (Å²) in [6.45, 7) is 0. The van der Waals surface area contributed by atoms with E-state index in [-0.39, 0.29) is 11.3 Å². The van der Waals surface area contributed by atoms with Gasteiger partial charge in [-0.25, -0.2) is 4.79 Å². The number of hydrogen-bond acceptors (Lipinski definition) is 3. The van der Waals surface area contributed by atoms with Gasteiger partial charge in [-0.1, -0.05) is 17.2 Å². The number of benzene rings is 1. The first-order chi connectivity index (χ1) is 6.16.